The molecule has 0 aliphatic rings. The van der Waals surface area contributed by atoms with Crippen molar-refractivity contribution in [3.05, 3.63) is 59.0 Å². The van der Waals surface area contributed by atoms with Crippen molar-refractivity contribution < 1.29 is 0 Å². The Hall–Kier alpha value is -2.95. The molecule has 5 nitrogen and oxygen atoms in total. The zero-order chi connectivity index (χ0) is 14.4. The van der Waals surface area contributed by atoms with Crippen LogP contribution in [0.3, 0.4) is 0 Å². The third kappa shape index (κ3) is 1.90. The predicted molar refractivity (Wildman–Crippen MR) is 82.1 cm³/mol. The molecule has 1 N–H and O–H groups in total. The Morgan fingerprint density at radius 2 is 1.95 bits per heavy atom. The summed E-state index contributed by atoms with van der Waals surface area (Å²) in [5, 5.41) is 6.04. The Morgan fingerprint density at radius 1 is 1.10 bits per heavy atom. The highest BCUT2D eigenvalue weighted by atomic mass is 16.1. The van der Waals surface area contributed by atoms with Crippen molar-refractivity contribution in [1.29, 1.82) is 0 Å². The normalized spacial score (nSPS) is 11.3. The minimum absolute atomic E-state index is 0.128. The van der Waals surface area contributed by atoms with Crippen LogP contribution in [0.1, 0.15) is 0 Å². The smallest absolute Gasteiger partial charge is 0.259 e. The number of para-hydroxylation sites is 1. The molecule has 2 aromatic heterocycles. The Labute approximate surface area is 119 Å². The molecule has 0 atom stereocenters. The lowest BCUT2D eigenvalue weighted by molar-refractivity contribution is 0.780. The Bertz CT molecular complexity index is 1030. The lowest BCUT2D eigenvalue weighted by Gasteiger charge is -2.03. The number of fused-ring (bicyclic) bond motifs is 2. The molecule has 4 aromatic rings. The molecule has 0 aliphatic heterocycles. The molecule has 0 saturated heterocycles. The SMILES string of the molecule is Cn1cc2ccc(-c3nc4ccccc4c(=O)[nH]3)cc2n1. The lowest BCUT2D eigenvalue weighted by Crippen LogP contribution is -2.09. The van der Waals surface area contributed by atoms with E-state index in [0.717, 1.165) is 16.5 Å². The molecule has 2 heterocycles. The van der Waals surface area contributed by atoms with Crippen LogP contribution in [0.4, 0.5) is 0 Å². The summed E-state index contributed by atoms with van der Waals surface area (Å²) >= 11 is 0. The highest BCUT2D eigenvalue weighted by Gasteiger charge is 2.07. The van der Waals surface area contributed by atoms with E-state index >= 15 is 0 Å². The second-order valence-electron chi connectivity index (χ2n) is 5.01. The summed E-state index contributed by atoms with van der Waals surface area (Å²) in [6.07, 6.45) is 1.95. The molecule has 0 radical (unpaired) electrons. The maximum Gasteiger partial charge on any atom is 0.259 e. The minimum atomic E-state index is -0.128. The van der Waals surface area contributed by atoms with Crippen LogP contribution in [0.2, 0.25) is 0 Å². The van der Waals surface area contributed by atoms with E-state index in [4.69, 9.17) is 0 Å². The number of benzene rings is 2. The molecular formula is C16H12N4O. The molecule has 5 heteroatoms. The van der Waals surface area contributed by atoms with Crippen LogP contribution in [0.15, 0.2) is 53.5 Å². The monoisotopic (exact) mass is 276 g/mol. The van der Waals surface area contributed by atoms with Crippen LogP contribution < -0.4 is 5.56 Å². The van der Waals surface area contributed by atoms with E-state index < -0.39 is 0 Å². The van der Waals surface area contributed by atoms with Crippen molar-refractivity contribution in [2.45, 2.75) is 0 Å². The highest BCUT2D eigenvalue weighted by Crippen LogP contribution is 2.21. The van der Waals surface area contributed by atoms with Gasteiger partial charge in [-0.15, -0.1) is 0 Å². The fourth-order valence-corrected chi connectivity index (χ4v) is 2.51. The average Bonchev–Trinajstić information content (AvgIpc) is 2.86. The Kier molecular flexibility index (Phi) is 2.41. The molecule has 102 valence electrons. The number of hydrogen-bond donors (Lipinski definition) is 1. The van der Waals surface area contributed by atoms with E-state index in [9.17, 15) is 4.79 Å². The van der Waals surface area contributed by atoms with Crippen molar-refractivity contribution in [2.24, 2.45) is 7.05 Å². The van der Waals surface area contributed by atoms with Gasteiger partial charge in [0, 0.05) is 24.2 Å². The van der Waals surface area contributed by atoms with Crippen LogP contribution in [0, 0.1) is 0 Å². The topological polar surface area (TPSA) is 63.6 Å². The van der Waals surface area contributed by atoms with Crippen molar-refractivity contribution in [3.8, 4) is 11.4 Å². The molecule has 21 heavy (non-hydrogen) atoms. The van der Waals surface area contributed by atoms with E-state index in [1.165, 1.54) is 0 Å². The summed E-state index contributed by atoms with van der Waals surface area (Å²) in [5.74, 6) is 0.561. The highest BCUT2D eigenvalue weighted by molar-refractivity contribution is 5.84. The zero-order valence-corrected chi connectivity index (χ0v) is 11.4. The van der Waals surface area contributed by atoms with Crippen LogP contribution in [0.25, 0.3) is 33.2 Å². The van der Waals surface area contributed by atoms with Gasteiger partial charge in [-0.1, -0.05) is 24.3 Å². The summed E-state index contributed by atoms with van der Waals surface area (Å²) < 4.78 is 1.77. The maximum absolute atomic E-state index is 12.1. The number of rotatable bonds is 1. The zero-order valence-electron chi connectivity index (χ0n) is 11.4. The fourth-order valence-electron chi connectivity index (χ4n) is 2.51. The number of aromatic nitrogens is 4. The third-order valence-electron chi connectivity index (χ3n) is 3.51. The van der Waals surface area contributed by atoms with Gasteiger partial charge in [0.15, 0.2) is 0 Å². The van der Waals surface area contributed by atoms with Gasteiger partial charge in [0.25, 0.3) is 5.56 Å². The summed E-state index contributed by atoms with van der Waals surface area (Å²) in [4.78, 5) is 19.5. The average molecular weight is 276 g/mol. The van der Waals surface area contributed by atoms with E-state index in [0.29, 0.717) is 16.7 Å². The maximum atomic E-state index is 12.1. The molecule has 2 aromatic carbocycles. The molecular weight excluding hydrogens is 264 g/mol. The van der Waals surface area contributed by atoms with E-state index in [2.05, 4.69) is 15.1 Å². The molecule has 0 amide bonds. The summed E-state index contributed by atoms with van der Waals surface area (Å²) in [6.45, 7) is 0. The van der Waals surface area contributed by atoms with Gasteiger partial charge in [-0.25, -0.2) is 4.98 Å². The number of nitrogens with one attached hydrogen (secondary N) is 1. The first-order valence-electron chi connectivity index (χ1n) is 6.63. The van der Waals surface area contributed by atoms with Crippen LogP contribution in [-0.2, 0) is 7.05 Å². The second kappa shape index (κ2) is 4.28. The third-order valence-corrected chi connectivity index (χ3v) is 3.51. The van der Waals surface area contributed by atoms with E-state index in [-0.39, 0.29) is 5.56 Å². The van der Waals surface area contributed by atoms with Crippen molar-refractivity contribution in [3.63, 3.8) is 0 Å². The molecule has 4 rings (SSSR count). The van der Waals surface area contributed by atoms with Gasteiger partial charge >= 0.3 is 0 Å². The Balaban J connectivity index is 1.97. The first kappa shape index (κ1) is 11.8. The van der Waals surface area contributed by atoms with Crippen molar-refractivity contribution >= 4 is 21.8 Å². The molecule has 0 saturated carbocycles. The van der Waals surface area contributed by atoms with Gasteiger partial charge in [0.05, 0.1) is 16.4 Å². The van der Waals surface area contributed by atoms with Gasteiger partial charge < -0.3 is 4.98 Å². The predicted octanol–water partition coefficient (Wildman–Crippen LogP) is 2.48. The van der Waals surface area contributed by atoms with Crippen molar-refractivity contribution in [1.82, 2.24) is 19.7 Å². The van der Waals surface area contributed by atoms with E-state index in [1.807, 2.05) is 49.6 Å². The minimum Gasteiger partial charge on any atom is -0.306 e. The number of aryl methyl sites for hydroxylation is 1. The Morgan fingerprint density at radius 3 is 2.86 bits per heavy atom. The lowest BCUT2D eigenvalue weighted by atomic mass is 10.1. The number of aromatic amines is 1. The molecule has 0 fully saturated rings. The number of hydrogen-bond acceptors (Lipinski definition) is 3. The van der Waals surface area contributed by atoms with Gasteiger partial charge in [-0.2, -0.15) is 5.10 Å². The standard InChI is InChI=1S/C16H12N4O/c1-20-9-11-7-6-10(8-14(11)19-20)15-17-13-5-3-2-4-12(13)16(21)18-15/h2-9H,1H3,(H,17,18,21). The van der Waals surface area contributed by atoms with E-state index in [1.54, 1.807) is 10.7 Å². The molecule has 0 spiro atoms. The molecule has 0 bridgehead atoms. The van der Waals surface area contributed by atoms with Gasteiger partial charge in [0.2, 0.25) is 0 Å². The van der Waals surface area contributed by atoms with Crippen LogP contribution in [-0.4, -0.2) is 19.7 Å². The van der Waals surface area contributed by atoms with Crippen molar-refractivity contribution in [2.75, 3.05) is 0 Å². The van der Waals surface area contributed by atoms with Gasteiger partial charge in [-0.05, 0) is 18.2 Å². The largest absolute Gasteiger partial charge is 0.306 e. The second-order valence-corrected chi connectivity index (χ2v) is 5.01. The first-order chi connectivity index (χ1) is 10.2. The number of H-pyrrole nitrogens is 1. The summed E-state index contributed by atoms with van der Waals surface area (Å²) in [6, 6.07) is 13.2. The molecule has 0 aliphatic carbocycles. The molecule has 0 unspecified atom stereocenters. The van der Waals surface area contributed by atoms with Gasteiger partial charge in [0.1, 0.15) is 5.82 Å². The summed E-state index contributed by atoms with van der Waals surface area (Å²) in [7, 11) is 1.88. The van der Waals surface area contributed by atoms with Gasteiger partial charge in [-0.3, -0.25) is 9.48 Å². The number of nitrogens with zero attached hydrogens (tertiary/aromatic N) is 3. The summed E-state index contributed by atoms with van der Waals surface area (Å²) in [5.41, 5.74) is 2.30. The quantitative estimate of drug-likeness (QED) is 0.581. The van der Waals surface area contributed by atoms with Crippen LogP contribution in [0.5, 0.6) is 0 Å². The van der Waals surface area contributed by atoms with Crippen LogP contribution >= 0.6 is 0 Å². The fraction of sp³-hybridized carbons (Fsp3) is 0.0625. The first-order valence-corrected chi connectivity index (χ1v) is 6.63.